The van der Waals surface area contributed by atoms with Crippen molar-refractivity contribution in [2.45, 2.75) is 0 Å². The van der Waals surface area contributed by atoms with Crippen LogP contribution in [-0.2, 0) is 4.74 Å². The highest BCUT2D eigenvalue weighted by molar-refractivity contribution is 7.80. The van der Waals surface area contributed by atoms with Gasteiger partial charge in [-0.15, -0.1) is 0 Å². The third-order valence-corrected chi connectivity index (χ3v) is 0.599. The minimum absolute atomic E-state index is 0.387. The van der Waals surface area contributed by atoms with Crippen molar-refractivity contribution < 1.29 is 4.74 Å². The lowest BCUT2D eigenvalue weighted by atomic mass is 10.9. The Labute approximate surface area is 49.9 Å². The molecule has 3 heteroatoms. The molecule has 0 aromatic rings. The average molecular weight is 120 g/mol. The van der Waals surface area contributed by atoms with Gasteiger partial charge in [-0.2, -0.15) is 0 Å². The molecule has 0 aromatic heterocycles. The maximum Gasteiger partial charge on any atom is 0.104 e. The molecular formula is C4H10NOS. The smallest absolute Gasteiger partial charge is 0.104 e. The number of hydrogen-bond acceptors (Lipinski definition) is 2. The lowest BCUT2D eigenvalue weighted by Gasteiger charge is -2.06. The molecule has 0 aromatic carbocycles. The van der Waals surface area contributed by atoms with E-state index < -0.39 is 0 Å². The number of nitrogens with zero attached hydrogens (tertiary/aromatic N) is 1. The zero-order valence-electron chi connectivity index (χ0n) is 4.68. The van der Waals surface area contributed by atoms with Crippen LogP contribution in [0.15, 0.2) is 0 Å². The summed E-state index contributed by atoms with van der Waals surface area (Å²) in [5.41, 5.74) is 0. The molecule has 0 N–H and O–H groups in total. The molecule has 7 heavy (non-hydrogen) atoms. The van der Waals surface area contributed by atoms with Crippen LogP contribution in [-0.4, -0.2) is 31.7 Å². The van der Waals surface area contributed by atoms with E-state index in [4.69, 9.17) is 4.74 Å². The molecule has 0 aliphatic heterocycles. The van der Waals surface area contributed by atoms with Gasteiger partial charge in [0.05, 0.1) is 6.73 Å². The monoisotopic (exact) mass is 120 g/mol. The lowest BCUT2D eigenvalue weighted by molar-refractivity contribution is 0.0895. The Balaban J connectivity index is 2.68. The van der Waals surface area contributed by atoms with Gasteiger partial charge in [0.1, 0.15) is 5.94 Å². The molecule has 0 atom stereocenters. The Morgan fingerprint density at radius 1 is 1.57 bits per heavy atom. The largest absolute Gasteiger partial charge is 0.355 e. The fourth-order valence-electron chi connectivity index (χ4n) is 0.220. The van der Waals surface area contributed by atoms with E-state index in [1.165, 1.54) is 0 Å². The summed E-state index contributed by atoms with van der Waals surface area (Å²) in [5.74, 6) is 0.387. The second-order valence-electron chi connectivity index (χ2n) is 1.53. The van der Waals surface area contributed by atoms with Gasteiger partial charge in [-0.25, -0.2) is 0 Å². The predicted octanol–water partition coefficient (Wildman–Crippen LogP) is 0.677. The summed E-state index contributed by atoms with van der Waals surface area (Å²) < 4.78 is 4.84. The van der Waals surface area contributed by atoms with Gasteiger partial charge in [0, 0.05) is 0 Å². The Bertz CT molecular complexity index is 40.7. The van der Waals surface area contributed by atoms with E-state index in [2.05, 4.69) is 12.6 Å². The van der Waals surface area contributed by atoms with E-state index >= 15 is 0 Å². The summed E-state index contributed by atoms with van der Waals surface area (Å²) in [7, 11) is 3.87. The molecular weight excluding hydrogens is 110 g/mol. The van der Waals surface area contributed by atoms with Crippen molar-refractivity contribution in [3.8, 4) is 0 Å². The highest BCUT2D eigenvalue weighted by Gasteiger charge is 1.83. The average Bonchev–Trinajstić information content (AvgIpc) is 1.61. The normalized spacial score (nSPS) is 10.3. The van der Waals surface area contributed by atoms with Gasteiger partial charge in [0.2, 0.25) is 0 Å². The number of hydrogen-bond donors (Lipinski definition) is 0. The highest BCUT2D eigenvalue weighted by atomic mass is 32.1. The molecule has 0 aliphatic rings. The van der Waals surface area contributed by atoms with E-state index in [0.29, 0.717) is 12.7 Å². The molecule has 43 valence electrons. The zero-order valence-corrected chi connectivity index (χ0v) is 5.49. The molecule has 0 spiro atoms. The van der Waals surface area contributed by atoms with E-state index in [-0.39, 0.29) is 0 Å². The first-order valence-electron chi connectivity index (χ1n) is 2.08. The summed E-state index contributed by atoms with van der Waals surface area (Å²) in [4.78, 5) is 1.92. The van der Waals surface area contributed by atoms with Gasteiger partial charge in [-0.3, -0.25) is 4.90 Å². The molecule has 0 amide bonds. The molecule has 1 radical (unpaired) electrons. The van der Waals surface area contributed by atoms with E-state index in [9.17, 15) is 0 Å². The first-order chi connectivity index (χ1) is 3.27. The molecule has 0 fully saturated rings. The van der Waals surface area contributed by atoms with E-state index in [1.54, 1.807) is 0 Å². The molecule has 0 heterocycles. The molecule has 0 rings (SSSR count). The quantitative estimate of drug-likeness (QED) is 0.508. The second kappa shape index (κ2) is 4.43. The third kappa shape index (κ3) is 6.27. The molecule has 0 aliphatic carbocycles. The Morgan fingerprint density at radius 3 is 2.29 bits per heavy atom. The van der Waals surface area contributed by atoms with Crippen LogP contribution in [0.25, 0.3) is 0 Å². The Morgan fingerprint density at radius 2 is 2.14 bits per heavy atom. The van der Waals surface area contributed by atoms with Gasteiger partial charge in [0.25, 0.3) is 0 Å². The van der Waals surface area contributed by atoms with Crippen LogP contribution in [0.5, 0.6) is 0 Å². The van der Waals surface area contributed by atoms with Gasteiger partial charge in [0.15, 0.2) is 0 Å². The van der Waals surface area contributed by atoms with Crippen LogP contribution in [0.1, 0.15) is 0 Å². The zero-order chi connectivity index (χ0) is 5.70. The van der Waals surface area contributed by atoms with Gasteiger partial charge in [-0.05, 0) is 14.1 Å². The summed E-state index contributed by atoms with van der Waals surface area (Å²) in [6.45, 7) is 0.628. The number of ether oxygens (including phenoxy) is 1. The highest BCUT2D eigenvalue weighted by Crippen LogP contribution is 1.78. The minimum atomic E-state index is 0.387. The first-order valence-corrected chi connectivity index (χ1v) is 2.65. The first kappa shape index (κ1) is 7.27. The van der Waals surface area contributed by atoms with Crippen molar-refractivity contribution in [1.82, 2.24) is 4.90 Å². The topological polar surface area (TPSA) is 12.5 Å². The van der Waals surface area contributed by atoms with Crippen LogP contribution in [0.2, 0.25) is 0 Å². The maximum atomic E-state index is 4.84. The molecule has 0 saturated carbocycles. The lowest BCUT2D eigenvalue weighted by Crippen LogP contribution is -2.15. The summed E-state index contributed by atoms with van der Waals surface area (Å²) >= 11 is 4.52. The van der Waals surface area contributed by atoms with Crippen molar-refractivity contribution in [3.63, 3.8) is 0 Å². The Hall–Kier alpha value is 0.270. The van der Waals surface area contributed by atoms with Crippen molar-refractivity contribution in [2.24, 2.45) is 0 Å². The fraction of sp³-hybridized carbons (Fsp3) is 1.00. The summed E-state index contributed by atoms with van der Waals surface area (Å²) in [6, 6.07) is 0. The molecule has 0 saturated heterocycles. The van der Waals surface area contributed by atoms with Crippen molar-refractivity contribution in [2.75, 3.05) is 26.8 Å². The van der Waals surface area contributed by atoms with Crippen LogP contribution in [0.4, 0.5) is 0 Å². The van der Waals surface area contributed by atoms with Gasteiger partial charge >= 0.3 is 0 Å². The minimum Gasteiger partial charge on any atom is -0.355 e. The summed E-state index contributed by atoms with van der Waals surface area (Å²) in [6.07, 6.45) is 0. The van der Waals surface area contributed by atoms with E-state index in [1.807, 2.05) is 19.0 Å². The molecule has 2 nitrogen and oxygen atoms in total. The van der Waals surface area contributed by atoms with Gasteiger partial charge in [-0.1, -0.05) is 12.6 Å². The van der Waals surface area contributed by atoms with Gasteiger partial charge < -0.3 is 4.74 Å². The van der Waals surface area contributed by atoms with E-state index in [0.717, 1.165) is 0 Å². The van der Waals surface area contributed by atoms with Crippen molar-refractivity contribution in [3.05, 3.63) is 0 Å². The SMILES string of the molecule is CN(C)COC[S]. The Kier molecular flexibility index (Phi) is 4.60. The van der Waals surface area contributed by atoms with Crippen LogP contribution in [0, 0.1) is 0 Å². The fourth-order valence-corrected chi connectivity index (χ4v) is 0.294. The van der Waals surface area contributed by atoms with Crippen molar-refractivity contribution >= 4 is 12.6 Å². The summed E-state index contributed by atoms with van der Waals surface area (Å²) in [5, 5.41) is 0. The van der Waals surface area contributed by atoms with Crippen LogP contribution >= 0.6 is 12.6 Å². The van der Waals surface area contributed by atoms with Crippen LogP contribution < -0.4 is 0 Å². The second-order valence-corrected chi connectivity index (χ2v) is 1.77. The standard InChI is InChI=1S/C4H10NOS/c1-5(2)3-6-4-7/h3-4H2,1-2H3. The third-order valence-electron chi connectivity index (χ3n) is 0.433. The molecule has 0 unspecified atom stereocenters. The van der Waals surface area contributed by atoms with Crippen LogP contribution in [0.3, 0.4) is 0 Å². The number of rotatable bonds is 3. The molecule has 0 bridgehead atoms. The maximum absolute atomic E-state index is 4.84. The van der Waals surface area contributed by atoms with Crippen molar-refractivity contribution in [1.29, 1.82) is 0 Å². The predicted molar refractivity (Wildman–Crippen MR) is 32.1 cm³/mol.